The first kappa shape index (κ1) is 12.2. The van der Waals surface area contributed by atoms with E-state index in [1.165, 1.54) is 32.1 Å². The molecule has 1 heterocycles. The molecule has 0 spiro atoms. The van der Waals surface area contributed by atoms with E-state index in [2.05, 4.69) is 17.1 Å². The van der Waals surface area contributed by atoms with Crippen molar-refractivity contribution in [3.8, 4) is 0 Å². The van der Waals surface area contributed by atoms with Gasteiger partial charge in [0, 0.05) is 12.0 Å². The molecule has 4 unspecified atom stereocenters. The Bertz CT molecular complexity index is 403. The maximum absolute atomic E-state index is 6.09. The second kappa shape index (κ2) is 5.00. The van der Waals surface area contributed by atoms with Crippen molar-refractivity contribution in [1.82, 2.24) is 10.1 Å². The molecule has 2 fully saturated rings. The zero-order valence-electron chi connectivity index (χ0n) is 11.1. The first-order chi connectivity index (χ1) is 8.78. The smallest absolute Gasteiger partial charge is 0.231 e. The Morgan fingerprint density at radius 1 is 1.28 bits per heavy atom. The predicted molar refractivity (Wildman–Crippen MR) is 69.2 cm³/mol. The van der Waals surface area contributed by atoms with Gasteiger partial charge < -0.3 is 10.3 Å². The van der Waals surface area contributed by atoms with Crippen molar-refractivity contribution in [3.05, 3.63) is 11.7 Å². The van der Waals surface area contributed by atoms with Gasteiger partial charge >= 0.3 is 0 Å². The minimum Gasteiger partial charge on any atom is -0.339 e. The number of nitrogens with zero attached hydrogens (tertiary/aromatic N) is 2. The monoisotopic (exact) mass is 249 g/mol. The van der Waals surface area contributed by atoms with Gasteiger partial charge in [-0.05, 0) is 38.0 Å². The van der Waals surface area contributed by atoms with E-state index in [4.69, 9.17) is 10.3 Å². The average molecular weight is 249 g/mol. The molecule has 4 nitrogen and oxygen atoms in total. The van der Waals surface area contributed by atoms with Crippen LogP contribution in [0.3, 0.4) is 0 Å². The van der Waals surface area contributed by atoms with Crippen molar-refractivity contribution < 1.29 is 4.52 Å². The molecule has 0 radical (unpaired) electrons. The van der Waals surface area contributed by atoms with E-state index in [-0.39, 0.29) is 6.04 Å². The van der Waals surface area contributed by atoms with Crippen molar-refractivity contribution in [2.24, 2.45) is 11.7 Å². The summed E-state index contributed by atoms with van der Waals surface area (Å²) >= 11 is 0. The lowest BCUT2D eigenvalue weighted by atomic mass is 10.0. The van der Waals surface area contributed by atoms with Crippen LogP contribution >= 0.6 is 0 Å². The Labute approximate surface area is 108 Å². The molecule has 0 aromatic carbocycles. The second-order valence-electron chi connectivity index (χ2n) is 5.98. The highest BCUT2D eigenvalue weighted by Crippen LogP contribution is 2.39. The summed E-state index contributed by atoms with van der Waals surface area (Å²) in [5.74, 6) is 3.39. The average Bonchev–Trinajstić information content (AvgIpc) is 3.07. The van der Waals surface area contributed by atoms with E-state index in [1.807, 2.05) is 0 Å². The minimum atomic E-state index is 0.213. The number of hydrogen-bond acceptors (Lipinski definition) is 4. The summed E-state index contributed by atoms with van der Waals surface area (Å²) in [4.78, 5) is 4.64. The predicted octanol–water partition coefficient (Wildman–Crippen LogP) is 2.96. The van der Waals surface area contributed by atoms with Crippen LogP contribution in [0, 0.1) is 5.92 Å². The van der Waals surface area contributed by atoms with E-state index >= 15 is 0 Å². The highest BCUT2D eigenvalue weighted by Gasteiger charge is 2.33. The fourth-order valence-electron chi connectivity index (χ4n) is 3.54. The van der Waals surface area contributed by atoms with Gasteiger partial charge in [-0.15, -0.1) is 0 Å². The van der Waals surface area contributed by atoms with Gasteiger partial charge in [-0.3, -0.25) is 0 Å². The molecule has 0 bridgehead atoms. The van der Waals surface area contributed by atoms with Crippen molar-refractivity contribution in [3.63, 3.8) is 0 Å². The molecular formula is C14H23N3O. The third-order valence-electron chi connectivity index (χ3n) is 4.83. The van der Waals surface area contributed by atoms with Crippen LogP contribution in [0.4, 0.5) is 0 Å². The van der Waals surface area contributed by atoms with Gasteiger partial charge in [0.2, 0.25) is 5.89 Å². The number of nitrogens with two attached hydrogens (primary N) is 1. The molecule has 2 aliphatic rings. The first-order valence-corrected chi connectivity index (χ1v) is 7.37. The van der Waals surface area contributed by atoms with Crippen LogP contribution in [0.5, 0.6) is 0 Å². The maximum Gasteiger partial charge on any atom is 0.231 e. The molecule has 2 aliphatic carbocycles. The molecule has 0 amide bonds. The van der Waals surface area contributed by atoms with Crippen LogP contribution in [0.2, 0.25) is 0 Å². The Kier molecular flexibility index (Phi) is 3.37. The van der Waals surface area contributed by atoms with Gasteiger partial charge in [0.15, 0.2) is 5.82 Å². The molecule has 2 N–H and O–H groups in total. The van der Waals surface area contributed by atoms with E-state index in [0.717, 1.165) is 30.5 Å². The summed E-state index contributed by atoms with van der Waals surface area (Å²) in [7, 11) is 0. The van der Waals surface area contributed by atoms with E-state index < -0.39 is 0 Å². The SMILES string of the molecule is CCC1CCC(c2noc(C3CCCC3N)n2)C1. The van der Waals surface area contributed by atoms with E-state index in [0.29, 0.717) is 11.8 Å². The summed E-state index contributed by atoms with van der Waals surface area (Å²) in [6.45, 7) is 2.27. The normalized spacial score (nSPS) is 36.3. The molecule has 3 rings (SSSR count). The van der Waals surface area contributed by atoms with Crippen molar-refractivity contribution in [2.75, 3.05) is 0 Å². The third kappa shape index (κ3) is 2.18. The Morgan fingerprint density at radius 3 is 2.83 bits per heavy atom. The molecule has 0 saturated heterocycles. The number of aromatic nitrogens is 2. The Balaban J connectivity index is 1.70. The topological polar surface area (TPSA) is 64.9 Å². The van der Waals surface area contributed by atoms with Crippen molar-refractivity contribution in [2.45, 2.75) is 69.7 Å². The molecule has 100 valence electrons. The number of rotatable bonds is 3. The Morgan fingerprint density at radius 2 is 2.17 bits per heavy atom. The molecular weight excluding hydrogens is 226 g/mol. The highest BCUT2D eigenvalue weighted by molar-refractivity contribution is 5.05. The van der Waals surface area contributed by atoms with E-state index in [9.17, 15) is 0 Å². The number of hydrogen-bond donors (Lipinski definition) is 1. The van der Waals surface area contributed by atoms with Crippen molar-refractivity contribution in [1.29, 1.82) is 0 Å². The fraction of sp³-hybridized carbons (Fsp3) is 0.857. The van der Waals surface area contributed by atoms with Gasteiger partial charge in [0.1, 0.15) is 0 Å². The van der Waals surface area contributed by atoms with Gasteiger partial charge in [0.25, 0.3) is 0 Å². The lowest BCUT2D eigenvalue weighted by Gasteiger charge is -2.09. The summed E-state index contributed by atoms with van der Waals surface area (Å²) in [5, 5.41) is 4.20. The summed E-state index contributed by atoms with van der Waals surface area (Å²) in [5.41, 5.74) is 6.09. The van der Waals surface area contributed by atoms with Gasteiger partial charge in [-0.25, -0.2) is 0 Å². The molecule has 1 aromatic heterocycles. The minimum absolute atomic E-state index is 0.213. The largest absolute Gasteiger partial charge is 0.339 e. The maximum atomic E-state index is 6.09. The summed E-state index contributed by atoms with van der Waals surface area (Å²) < 4.78 is 5.46. The zero-order valence-corrected chi connectivity index (χ0v) is 11.1. The van der Waals surface area contributed by atoms with Crippen LogP contribution < -0.4 is 5.73 Å². The van der Waals surface area contributed by atoms with Crippen LogP contribution in [-0.2, 0) is 0 Å². The molecule has 4 atom stereocenters. The third-order valence-corrected chi connectivity index (χ3v) is 4.83. The molecule has 4 heteroatoms. The second-order valence-corrected chi connectivity index (χ2v) is 5.98. The van der Waals surface area contributed by atoms with E-state index in [1.54, 1.807) is 0 Å². The highest BCUT2D eigenvalue weighted by atomic mass is 16.5. The van der Waals surface area contributed by atoms with Crippen LogP contribution in [0.15, 0.2) is 4.52 Å². The lowest BCUT2D eigenvalue weighted by Crippen LogP contribution is -2.22. The molecule has 0 aliphatic heterocycles. The zero-order chi connectivity index (χ0) is 12.5. The summed E-state index contributed by atoms with van der Waals surface area (Å²) in [6, 6.07) is 0.213. The lowest BCUT2D eigenvalue weighted by molar-refractivity contribution is 0.339. The Hall–Kier alpha value is -0.900. The van der Waals surface area contributed by atoms with Crippen molar-refractivity contribution >= 4 is 0 Å². The van der Waals surface area contributed by atoms with Crippen LogP contribution in [-0.4, -0.2) is 16.2 Å². The molecule has 18 heavy (non-hydrogen) atoms. The fourth-order valence-corrected chi connectivity index (χ4v) is 3.54. The quantitative estimate of drug-likeness (QED) is 0.894. The standard InChI is InChI=1S/C14H23N3O/c1-2-9-6-7-10(8-9)13-16-14(18-17-13)11-4-3-5-12(11)15/h9-12H,2-8,15H2,1H3. The first-order valence-electron chi connectivity index (χ1n) is 7.37. The van der Waals surface area contributed by atoms with Gasteiger partial charge in [-0.2, -0.15) is 4.98 Å². The van der Waals surface area contributed by atoms with Gasteiger partial charge in [-0.1, -0.05) is 24.9 Å². The van der Waals surface area contributed by atoms with Gasteiger partial charge in [0.05, 0.1) is 5.92 Å². The summed E-state index contributed by atoms with van der Waals surface area (Å²) in [6.07, 6.45) is 8.41. The molecule has 2 saturated carbocycles. The van der Waals surface area contributed by atoms with Crippen LogP contribution in [0.1, 0.15) is 75.4 Å². The molecule has 1 aromatic rings. The van der Waals surface area contributed by atoms with Crippen LogP contribution in [0.25, 0.3) is 0 Å².